The van der Waals surface area contributed by atoms with Gasteiger partial charge in [0.15, 0.2) is 0 Å². The predicted octanol–water partition coefficient (Wildman–Crippen LogP) is 1.42. The quantitative estimate of drug-likeness (QED) is 0.897. The molecule has 1 saturated heterocycles. The number of benzene rings is 1. The van der Waals surface area contributed by atoms with Crippen molar-refractivity contribution in [2.24, 2.45) is 0 Å². The third kappa shape index (κ3) is 2.88. The first-order valence-corrected chi connectivity index (χ1v) is 6.38. The molecule has 0 saturated carbocycles. The van der Waals surface area contributed by atoms with Crippen molar-refractivity contribution in [3.63, 3.8) is 0 Å². The molecule has 1 atom stereocenters. The van der Waals surface area contributed by atoms with Crippen molar-refractivity contribution in [3.8, 4) is 0 Å². The van der Waals surface area contributed by atoms with E-state index in [4.69, 9.17) is 9.84 Å². The van der Waals surface area contributed by atoms with Gasteiger partial charge in [0.25, 0.3) is 5.91 Å². The highest BCUT2D eigenvalue weighted by Crippen LogP contribution is 2.18. The molecule has 0 aromatic heterocycles. The first-order valence-electron chi connectivity index (χ1n) is 5.58. The van der Waals surface area contributed by atoms with E-state index in [2.05, 4.69) is 15.9 Å². The molecule has 6 heteroatoms. The molecule has 1 aliphatic rings. The van der Waals surface area contributed by atoms with Gasteiger partial charge in [0.1, 0.15) is 5.82 Å². The number of aliphatic hydroxyl groups is 1. The Labute approximate surface area is 112 Å². The number of carbonyl (C=O) groups is 1. The summed E-state index contributed by atoms with van der Waals surface area (Å²) in [5, 5.41) is 9.02. The molecular weight excluding hydrogens is 305 g/mol. The van der Waals surface area contributed by atoms with Gasteiger partial charge in [0, 0.05) is 17.6 Å². The first kappa shape index (κ1) is 13.5. The Morgan fingerprint density at radius 1 is 1.61 bits per heavy atom. The number of carbonyl (C=O) groups excluding carboxylic acids is 1. The summed E-state index contributed by atoms with van der Waals surface area (Å²) in [5.41, 5.74) is 0.0305. The Hall–Kier alpha value is -0.980. The van der Waals surface area contributed by atoms with Crippen LogP contribution in [0.5, 0.6) is 0 Å². The highest BCUT2D eigenvalue weighted by Gasteiger charge is 2.26. The van der Waals surface area contributed by atoms with Crippen molar-refractivity contribution in [2.75, 3.05) is 26.3 Å². The minimum Gasteiger partial charge on any atom is -0.394 e. The lowest BCUT2D eigenvalue weighted by atomic mass is 10.1. The summed E-state index contributed by atoms with van der Waals surface area (Å²) in [7, 11) is 0. The smallest absolute Gasteiger partial charge is 0.257 e. The van der Waals surface area contributed by atoms with E-state index in [0.717, 1.165) is 0 Å². The summed E-state index contributed by atoms with van der Waals surface area (Å²) < 4.78 is 19.5. The summed E-state index contributed by atoms with van der Waals surface area (Å²) in [6.45, 7) is 0.889. The predicted molar refractivity (Wildman–Crippen MR) is 66.8 cm³/mol. The van der Waals surface area contributed by atoms with E-state index in [-0.39, 0.29) is 24.6 Å². The average Bonchev–Trinajstić information content (AvgIpc) is 2.41. The highest BCUT2D eigenvalue weighted by molar-refractivity contribution is 9.10. The Bertz CT molecular complexity index is 455. The third-order valence-electron chi connectivity index (χ3n) is 2.79. The van der Waals surface area contributed by atoms with E-state index in [1.165, 1.54) is 17.0 Å². The number of nitrogens with zero attached hydrogens (tertiary/aromatic N) is 1. The lowest BCUT2D eigenvalue weighted by Crippen LogP contribution is -2.47. The minimum atomic E-state index is -0.546. The van der Waals surface area contributed by atoms with Crippen molar-refractivity contribution in [1.82, 2.24) is 4.90 Å². The normalized spacial score (nSPS) is 19.9. The van der Waals surface area contributed by atoms with Crippen LogP contribution in [0.1, 0.15) is 10.4 Å². The second kappa shape index (κ2) is 5.77. The van der Waals surface area contributed by atoms with Gasteiger partial charge in [-0.05, 0) is 18.2 Å². The van der Waals surface area contributed by atoms with Gasteiger partial charge in [0.05, 0.1) is 24.9 Å². The second-order valence-electron chi connectivity index (χ2n) is 4.05. The molecule has 1 aromatic carbocycles. The van der Waals surface area contributed by atoms with Gasteiger partial charge >= 0.3 is 0 Å². The van der Waals surface area contributed by atoms with Crippen LogP contribution >= 0.6 is 15.9 Å². The number of halogens is 2. The molecular formula is C12H13BrFNO3. The van der Waals surface area contributed by atoms with Crippen LogP contribution < -0.4 is 0 Å². The van der Waals surface area contributed by atoms with E-state index < -0.39 is 11.9 Å². The summed E-state index contributed by atoms with van der Waals surface area (Å²) in [5.74, 6) is -0.925. The van der Waals surface area contributed by atoms with E-state index in [1.54, 1.807) is 6.07 Å². The number of amides is 1. The number of morpholine rings is 1. The summed E-state index contributed by atoms with van der Waals surface area (Å²) >= 11 is 3.21. The zero-order valence-electron chi connectivity index (χ0n) is 9.60. The maximum atomic E-state index is 13.6. The van der Waals surface area contributed by atoms with Crippen molar-refractivity contribution in [1.29, 1.82) is 0 Å². The minimum absolute atomic E-state index is 0.0305. The fraction of sp³-hybridized carbons (Fsp3) is 0.417. The Morgan fingerprint density at radius 3 is 3.11 bits per heavy atom. The largest absolute Gasteiger partial charge is 0.394 e. The second-order valence-corrected chi connectivity index (χ2v) is 4.97. The van der Waals surface area contributed by atoms with Gasteiger partial charge in [-0.15, -0.1) is 0 Å². The zero-order chi connectivity index (χ0) is 13.1. The number of aliphatic hydroxyl groups excluding tert-OH is 1. The van der Waals surface area contributed by atoms with Crippen LogP contribution in [-0.2, 0) is 4.74 Å². The molecule has 0 spiro atoms. The lowest BCUT2D eigenvalue weighted by Gasteiger charge is -2.32. The van der Waals surface area contributed by atoms with Gasteiger partial charge in [-0.1, -0.05) is 15.9 Å². The van der Waals surface area contributed by atoms with Crippen LogP contribution in [0.2, 0.25) is 0 Å². The zero-order valence-corrected chi connectivity index (χ0v) is 11.2. The van der Waals surface area contributed by atoms with Crippen LogP contribution in [0.15, 0.2) is 22.7 Å². The van der Waals surface area contributed by atoms with Crippen molar-refractivity contribution in [2.45, 2.75) is 6.10 Å². The molecule has 98 valence electrons. The van der Waals surface area contributed by atoms with Crippen LogP contribution in [0, 0.1) is 5.82 Å². The maximum Gasteiger partial charge on any atom is 0.257 e. The van der Waals surface area contributed by atoms with Crippen LogP contribution in [0.3, 0.4) is 0 Å². The summed E-state index contributed by atoms with van der Waals surface area (Å²) in [4.78, 5) is 13.7. The van der Waals surface area contributed by atoms with Gasteiger partial charge in [0.2, 0.25) is 0 Å². The van der Waals surface area contributed by atoms with Crippen molar-refractivity contribution < 1.29 is 19.0 Å². The molecule has 1 amide bonds. The molecule has 0 bridgehead atoms. The summed E-state index contributed by atoms with van der Waals surface area (Å²) in [6, 6.07) is 4.25. The standard InChI is InChI=1S/C12H13BrFNO3/c13-8-1-2-11(14)10(5-8)12(17)15-3-4-18-9(6-15)7-16/h1-2,5,9,16H,3-4,6-7H2. The maximum absolute atomic E-state index is 13.6. The van der Waals surface area contributed by atoms with Gasteiger partial charge in [-0.25, -0.2) is 4.39 Å². The molecule has 1 aromatic rings. The van der Waals surface area contributed by atoms with Gasteiger partial charge < -0.3 is 14.7 Å². The van der Waals surface area contributed by atoms with Crippen LogP contribution in [0.25, 0.3) is 0 Å². The number of ether oxygens (including phenoxy) is 1. The molecule has 18 heavy (non-hydrogen) atoms. The molecule has 1 heterocycles. The van der Waals surface area contributed by atoms with E-state index in [0.29, 0.717) is 17.6 Å². The van der Waals surface area contributed by atoms with E-state index in [1.807, 2.05) is 0 Å². The van der Waals surface area contributed by atoms with Gasteiger partial charge in [-0.3, -0.25) is 4.79 Å². The van der Waals surface area contributed by atoms with Crippen LogP contribution in [0.4, 0.5) is 4.39 Å². The fourth-order valence-corrected chi connectivity index (χ4v) is 2.21. The number of hydrogen-bond acceptors (Lipinski definition) is 3. The van der Waals surface area contributed by atoms with Crippen molar-refractivity contribution >= 4 is 21.8 Å². The Balaban J connectivity index is 2.17. The molecule has 0 aliphatic carbocycles. The van der Waals surface area contributed by atoms with E-state index in [9.17, 15) is 9.18 Å². The number of rotatable bonds is 2. The number of hydrogen-bond donors (Lipinski definition) is 1. The van der Waals surface area contributed by atoms with Crippen LogP contribution in [-0.4, -0.2) is 48.3 Å². The first-order chi connectivity index (χ1) is 8.61. The van der Waals surface area contributed by atoms with Gasteiger partial charge in [-0.2, -0.15) is 0 Å². The monoisotopic (exact) mass is 317 g/mol. The molecule has 1 unspecified atom stereocenters. The fourth-order valence-electron chi connectivity index (χ4n) is 1.85. The summed E-state index contributed by atoms with van der Waals surface area (Å²) in [6.07, 6.45) is -0.391. The van der Waals surface area contributed by atoms with E-state index >= 15 is 0 Å². The third-order valence-corrected chi connectivity index (χ3v) is 3.28. The molecule has 2 rings (SSSR count). The topological polar surface area (TPSA) is 49.8 Å². The Kier molecular flexibility index (Phi) is 4.31. The molecule has 1 N–H and O–H groups in total. The lowest BCUT2D eigenvalue weighted by molar-refractivity contribution is -0.0448. The SMILES string of the molecule is O=C(c1cc(Br)ccc1F)N1CCOC(CO)C1. The Morgan fingerprint density at radius 2 is 2.39 bits per heavy atom. The van der Waals surface area contributed by atoms with Crippen molar-refractivity contribution in [3.05, 3.63) is 34.1 Å². The molecule has 0 radical (unpaired) electrons. The molecule has 4 nitrogen and oxygen atoms in total. The molecule has 1 fully saturated rings. The highest BCUT2D eigenvalue weighted by atomic mass is 79.9. The molecule has 1 aliphatic heterocycles. The average molecular weight is 318 g/mol.